The lowest BCUT2D eigenvalue weighted by Gasteiger charge is -2.17. The Hall–Kier alpha value is -1.21. The van der Waals surface area contributed by atoms with Gasteiger partial charge in [-0.1, -0.05) is 6.32 Å². The summed E-state index contributed by atoms with van der Waals surface area (Å²) in [6.07, 6.45) is -4.93. The molecule has 0 aromatic carbocycles. The van der Waals surface area contributed by atoms with Crippen molar-refractivity contribution in [1.82, 2.24) is 4.98 Å². The average molecular weight is 228 g/mol. The Kier molecular flexibility index (Phi) is 2.96. The zero-order valence-electron chi connectivity index (χ0n) is 7.23. The van der Waals surface area contributed by atoms with Crippen LogP contribution in [-0.4, -0.2) is 12.0 Å². The average Bonchev–Trinajstić information content (AvgIpc) is 1.99. The number of pyridine rings is 1. The topological polar surface area (TPSA) is 12.9 Å². The first-order valence-electron chi connectivity index (χ1n) is 3.91. The van der Waals surface area contributed by atoms with E-state index in [9.17, 15) is 26.1 Å². The molecule has 1 heterocycles. The van der Waals surface area contributed by atoms with Gasteiger partial charge in [-0.25, -0.2) is 0 Å². The van der Waals surface area contributed by atoms with Crippen molar-refractivity contribution < 1.29 is 26.1 Å². The van der Waals surface area contributed by atoms with Crippen molar-refractivity contribution in [2.24, 2.45) is 0 Å². The largest absolute Gasteiger partial charge is 0.482 e. The molecular formula is C7H5BF6N-. The molecule has 0 aliphatic carbocycles. The predicted molar refractivity (Wildman–Crippen MR) is 42.0 cm³/mol. The highest BCUT2D eigenvalue weighted by atomic mass is 19.4. The van der Waals surface area contributed by atoms with E-state index in [1.54, 1.807) is 0 Å². The molecule has 0 spiro atoms. The minimum Gasteiger partial charge on any atom is -0.449 e. The first-order valence-corrected chi connectivity index (χ1v) is 3.91. The van der Waals surface area contributed by atoms with Gasteiger partial charge in [-0.2, -0.15) is 13.2 Å². The van der Waals surface area contributed by atoms with Gasteiger partial charge in [0, 0.05) is 12.4 Å². The summed E-state index contributed by atoms with van der Waals surface area (Å²) in [7, 11) is 0. The van der Waals surface area contributed by atoms with Gasteiger partial charge in [0.2, 0.25) is 0 Å². The van der Waals surface area contributed by atoms with Crippen molar-refractivity contribution in [2.45, 2.75) is 12.5 Å². The Morgan fingerprint density at radius 1 is 1.20 bits per heavy atom. The van der Waals surface area contributed by atoms with E-state index in [1.165, 1.54) is 0 Å². The molecule has 1 aromatic rings. The quantitative estimate of drug-likeness (QED) is 0.559. The van der Waals surface area contributed by atoms with Crippen molar-refractivity contribution in [3.05, 3.63) is 29.6 Å². The maximum atomic E-state index is 12.2. The molecule has 0 unspecified atom stereocenters. The zero-order valence-corrected chi connectivity index (χ0v) is 7.23. The molecule has 84 valence electrons. The van der Waals surface area contributed by atoms with Gasteiger partial charge in [0.1, 0.15) is 0 Å². The van der Waals surface area contributed by atoms with Crippen LogP contribution < -0.4 is 0 Å². The van der Waals surface area contributed by atoms with Gasteiger partial charge >= 0.3 is 13.2 Å². The molecule has 1 nitrogen and oxygen atoms in total. The molecule has 15 heavy (non-hydrogen) atoms. The van der Waals surface area contributed by atoms with Crippen molar-refractivity contribution in [3.63, 3.8) is 0 Å². The Morgan fingerprint density at radius 2 is 1.80 bits per heavy atom. The van der Waals surface area contributed by atoms with Crippen LogP contribution in [0.15, 0.2) is 18.5 Å². The number of alkyl halides is 3. The van der Waals surface area contributed by atoms with Crippen molar-refractivity contribution in [2.75, 3.05) is 0 Å². The number of aromatic nitrogens is 1. The van der Waals surface area contributed by atoms with Gasteiger partial charge in [0.15, 0.2) is 0 Å². The van der Waals surface area contributed by atoms with Crippen molar-refractivity contribution >= 4 is 6.98 Å². The molecule has 0 saturated heterocycles. The smallest absolute Gasteiger partial charge is 0.449 e. The van der Waals surface area contributed by atoms with Gasteiger partial charge in [0.05, 0.1) is 5.56 Å². The first-order chi connectivity index (χ1) is 6.70. The van der Waals surface area contributed by atoms with E-state index in [4.69, 9.17) is 0 Å². The number of halogens is 6. The normalized spacial score (nSPS) is 12.9. The molecule has 0 amide bonds. The Balaban J connectivity index is 3.08. The van der Waals surface area contributed by atoms with E-state index >= 15 is 0 Å². The lowest BCUT2D eigenvalue weighted by atomic mass is 9.81. The monoisotopic (exact) mass is 228 g/mol. The third kappa shape index (κ3) is 3.45. The fraction of sp³-hybridized carbons (Fsp3) is 0.286. The zero-order chi connectivity index (χ0) is 11.7. The first kappa shape index (κ1) is 11.9. The van der Waals surface area contributed by atoms with Gasteiger partial charge in [-0.15, -0.1) is 0 Å². The third-order valence-corrected chi connectivity index (χ3v) is 1.66. The lowest BCUT2D eigenvalue weighted by Crippen LogP contribution is -2.22. The summed E-state index contributed by atoms with van der Waals surface area (Å²) in [5, 5.41) is 0. The summed E-state index contributed by atoms with van der Waals surface area (Å²) in [5.74, 6) is 0. The second kappa shape index (κ2) is 3.75. The van der Waals surface area contributed by atoms with Gasteiger partial charge in [0.25, 0.3) is 0 Å². The van der Waals surface area contributed by atoms with Crippen LogP contribution in [0.1, 0.15) is 11.1 Å². The molecule has 0 fully saturated rings. The maximum Gasteiger partial charge on any atom is 0.482 e. The third-order valence-electron chi connectivity index (χ3n) is 1.66. The minimum absolute atomic E-state index is 0.539. The molecule has 1 aromatic heterocycles. The number of hydrogen-bond acceptors (Lipinski definition) is 1. The van der Waals surface area contributed by atoms with E-state index in [2.05, 4.69) is 4.98 Å². The molecule has 8 heteroatoms. The molecule has 0 radical (unpaired) electrons. The van der Waals surface area contributed by atoms with E-state index in [0.29, 0.717) is 12.3 Å². The summed E-state index contributed by atoms with van der Waals surface area (Å²) in [4.78, 5) is 3.25. The van der Waals surface area contributed by atoms with Crippen LogP contribution in [0.25, 0.3) is 0 Å². The summed E-state index contributed by atoms with van der Waals surface area (Å²) >= 11 is 0. The van der Waals surface area contributed by atoms with Crippen LogP contribution >= 0.6 is 0 Å². The van der Waals surface area contributed by atoms with Crippen LogP contribution in [0.4, 0.5) is 26.1 Å². The highest BCUT2D eigenvalue weighted by Gasteiger charge is 2.35. The molecule has 0 aliphatic rings. The Bertz CT molecular complexity index is 344. The maximum absolute atomic E-state index is 12.2. The van der Waals surface area contributed by atoms with E-state index in [0.717, 1.165) is 6.20 Å². The van der Waals surface area contributed by atoms with Crippen LogP contribution in [0, 0.1) is 0 Å². The second-order valence-electron chi connectivity index (χ2n) is 2.95. The Morgan fingerprint density at radius 3 is 2.27 bits per heavy atom. The SMILES string of the molecule is F[B-](F)(F)Cc1cnccc1C(F)(F)F. The molecule has 0 saturated carbocycles. The van der Waals surface area contributed by atoms with Crippen molar-refractivity contribution in [3.8, 4) is 0 Å². The number of nitrogens with zero attached hydrogens (tertiary/aromatic N) is 1. The summed E-state index contributed by atoms with van der Waals surface area (Å²) in [6, 6.07) is 0.539. The van der Waals surface area contributed by atoms with Crippen LogP contribution in [0.3, 0.4) is 0 Å². The number of hydrogen-bond donors (Lipinski definition) is 0. The Labute approximate surface area is 81.2 Å². The molecule has 0 bridgehead atoms. The highest BCUT2D eigenvalue weighted by molar-refractivity contribution is 6.57. The summed E-state index contributed by atoms with van der Waals surface area (Å²) < 4.78 is 72.6. The second-order valence-corrected chi connectivity index (χ2v) is 2.95. The van der Waals surface area contributed by atoms with E-state index in [-0.39, 0.29) is 0 Å². The van der Waals surface area contributed by atoms with Gasteiger partial charge in [-0.3, -0.25) is 4.98 Å². The van der Waals surface area contributed by atoms with Crippen LogP contribution in [0.2, 0.25) is 0 Å². The fourth-order valence-corrected chi connectivity index (χ4v) is 1.12. The molecule has 0 atom stereocenters. The van der Waals surface area contributed by atoms with Gasteiger partial charge in [-0.05, 0) is 11.6 Å². The van der Waals surface area contributed by atoms with Crippen LogP contribution in [0.5, 0.6) is 0 Å². The molecule has 1 rings (SSSR count). The number of rotatable bonds is 2. The molecule has 0 aliphatic heterocycles. The fourth-order valence-electron chi connectivity index (χ4n) is 1.12. The van der Waals surface area contributed by atoms with Crippen molar-refractivity contribution in [1.29, 1.82) is 0 Å². The molecular weight excluding hydrogens is 223 g/mol. The summed E-state index contributed by atoms with van der Waals surface area (Å²) in [5.41, 5.74) is -2.12. The van der Waals surface area contributed by atoms with Gasteiger partial charge < -0.3 is 12.9 Å². The predicted octanol–water partition coefficient (Wildman–Crippen LogP) is 3.03. The highest BCUT2D eigenvalue weighted by Crippen LogP contribution is 2.33. The lowest BCUT2D eigenvalue weighted by molar-refractivity contribution is -0.138. The molecule has 0 N–H and O–H groups in total. The standard InChI is InChI=1S/C7H5BF6N/c9-7(10,11)6-1-2-15-4-5(6)3-8(12,13)14/h1-2,4H,3H2/q-1. The minimum atomic E-state index is -5.29. The van der Waals surface area contributed by atoms with E-state index in [1.807, 2.05) is 0 Å². The summed E-state index contributed by atoms with van der Waals surface area (Å²) in [6.45, 7) is -5.29. The van der Waals surface area contributed by atoms with Crippen LogP contribution in [-0.2, 0) is 12.5 Å². The van der Waals surface area contributed by atoms with E-state index < -0.39 is 30.6 Å².